The highest BCUT2D eigenvalue weighted by Crippen LogP contribution is 2.17. The monoisotopic (exact) mass is 290 g/mol. The molecule has 2 aromatic carbocycles. The second kappa shape index (κ2) is 6.73. The number of hydrogen-bond acceptors (Lipinski definition) is 2. The molecule has 0 saturated heterocycles. The molecule has 0 bridgehead atoms. The molecule has 0 saturated carbocycles. The zero-order valence-corrected chi connectivity index (χ0v) is 13.0. The summed E-state index contributed by atoms with van der Waals surface area (Å²) in [5.41, 5.74) is 4.88. The lowest BCUT2D eigenvalue weighted by Crippen LogP contribution is -2.14. The minimum atomic E-state index is -0.393. The smallest absolute Gasteiger partial charge is 0.266 e. The first-order valence-electron chi connectivity index (χ1n) is 7.06. The number of hydrogen-bond donors (Lipinski definition) is 1. The standard InChI is InChI=1S/C19H18N2O/c1-13-4-7-16(8-5-13)11-17(12-20)19(22)21-18-9-6-14(2)10-15(18)3/h4-11H,1-3H3,(H,21,22)/b17-11-. The Morgan fingerprint density at radius 1 is 1.05 bits per heavy atom. The van der Waals surface area contributed by atoms with E-state index in [0.29, 0.717) is 0 Å². The van der Waals surface area contributed by atoms with E-state index in [1.807, 2.05) is 69.3 Å². The van der Waals surface area contributed by atoms with Crippen LogP contribution in [-0.2, 0) is 4.79 Å². The van der Waals surface area contributed by atoms with Crippen molar-refractivity contribution < 1.29 is 4.79 Å². The molecule has 0 atom stereocenters. The van der Waals surface area contributed by atoms with Crippen molar-refractivity contribution in [2.45, 2.75) is 20.8 Å². The van der Waals surface area contributed by atoms with Crippen LogP contribution in [0.2, 0.25) is 0 Å². The topological polar surface area (TPSA) is 52.9 Å². The van der Waals surface area contributed by atoms with Gasteiger partial charge in [0.2, 0.25) is 0 Å². The van der Waals surface area contributed by atoms with Crippen molar-refractivity contribution in [2.24, 2.45) is 0 Å². The first-order valence-corrected chi connectivity index (χ1v) is 7.06. The predicted octanol–water partition coefficient (Wildman–Crippen LogP) is 4.16. The van der Waals surface area contributed by atoms with Gasteiger partial charge in [-0.3, -0.25) is 4.79 Å². The summed E-state index contributed by atoms with van der Waals surface area (Å²) in [7, 11) is 0. The van der Waals surface area contributed by atoms with Crippen molar-refractivity contribution in [1.29, 1.82) is 5.26 Å². The highest BCUT2D eigenvalue weighted by atomic mass is 16.1. The number of aryl methyl sites for hydroxylation is 3. The van der Waals surface area contributed by atoms with Crippen molar-refractivity contribution in [3.63, 3.8) is 0 Å². The fourth-order valence-corrected chi connectivity index (χ4v) is 2.12. The lowest BCUT2D eigenvalue weighted by atomic mass is 10.1. The molecule has 22 heavy (non-hydrogen) atoms. The number of nitriles is 1. The van der Waals surface area contributed by atoms with Crippen LogP contribution in [0.5, 0.6) is 0 Å². The number of carbonyl (C=O) groups is 1. The summed E-state index contributed by atoms with van der Waals surface area (Å²) in [5, 5.41) is 12.0. The van der Waals surface area contributed by atoms with Gasteiger partial charge in [0.25, 0.3) is 5.91 Å². The van der Waals surface area contributed by atoms with Crippen LogP contribution in [0.25, 0.3) is 6.08 Å². The zero-order chi connectivity index (χ0) is 16.1. The second-order valence-electron chi connectivity index (χ2n) is 5.35. The van der Waals surface area contributed by atoms with Crippen molar-refractivity contribution in [2.75, 3.05) is 5.32 Å². The van der Waals surface area contributed by atoms with Crippen molar-refractivity contribution >= 4 is 17.7 Å². The third-order valence-corrected chi connectivity index (χ3v) is 3.38. The Morgan fingerprint density at radius 3 is 2.27 bits per heavy atom. The Balaban J connectivity index is 2.22. The largest absolute Gasteiger partial charge is 0.321 e. The molecule has 0 radical (unpaired) electrons. The molecule has 0 heterocycles. The van der Waals surface area contributed by atoms with E-state index in [4.69, 9.17) is 0 Å². The Morgan fingerprint density at radius 2 is 1.68 bits per heavy atom. The van der Waals surface area contributed by atoms with Crippen LogP contribution in [0.1, 0.15) is 22.3 Å². The van der Waals surface area contributed by atoms with Crippen molar-refractivity contribution in [1.82, 2.24) is 0 Å². The van der Waals surface area contributed by atoms with Gasteiger partial charge in [0.05, 0.1) is 0 Å². The highest BCUT2D eigenvalue weighted by molar-refractivity contribution is 6.09. The average Bonchev–Trinajstić information content (AvgIpc) is 2.49. The Hall–Kier alpha value is -2.86. The molecule has 1 N–H and O–H groups in total. The summed E-state index contributed by atoms with van der Waals surface area (Å²) in [6.07, 6.45) is 1.60. The van der Waals surface area contributed by atoms with Gasteiger partial charge in [0, 0.05) is 5.69 Å². The molecule has 3 nitrogen and oxygen atoms in total. The summed E-state index contributed by atoms with van der Waals surface area (Å²) in [5.74, 6) is -0.393. The molecular weight excluding hydrogens is 272 g/mol. The molecule has 3 heteroatoms. The summed E-state index contributed by atoms with van der Waals surface area (Å²) >= 11 is 0. The number of amides is 1. The van der Waals surface area contributed by atoms with Gasteiger partial charge in [-0.05, 0) is 44.0 Å². The zero-order valence-electron chi connectivity index (χ0n) is 13.0. The fraction of sp³-hybridized carbons (Fsp3) is 0.158. The maximum atomic E-state index is 12.3. The maximum Gasteiger partial charge on any atom is 0.266 e. The number of nitrogens with zero attached hydrogens (tertiary/aromatic N) is 1. The van der Waals surface area contributed by atoms with Gasteiger partial charge in [-0.2, -0.15) is 5.26 Å². The van der Waals surface area contributed by atoms with E-state index in [0.717, 1.165) is 27.9 Å². The van der Waals surface area contributed by atoms with Crippen LogP contribution in [0, 0.1) is 32.1 Å². The summed E-state index contributed by atoms with van der Waals surface area (Å²) < 4.78 is 0. The summed E-state index contributed by atoms with van der Waals surface area (Å²) in [4.78, 5) is 12.3. The lowest BCUT2D eigenvalue weighted by Gasteiger charge is -2.08. The van der Waals surface area contributed by atoms with Crippen LogP contribution in [0.4, 0.5) is 5.69 Å². The number of anilines is 1. The third kappa shape index (κ3) is 3.83. The number of nitrogens with one attached hydrogen (secondary N) is 1. The maximum absolute atomic E-state index is 12.3. The molecule has 0 spiro atoms. The van der Waals surface area contributed by atoms with Gasteiger partial charge in [-0.1, -0.05) is 47.5 Å². The molecule has 0 aliphatic carbocycles. The van der Waals surface area contributed by atoms with E-state index in [2.05, 4.69) is 5.32 Å². The number of rotatable bonds is 3. The second-order valence-corrected chi connectivity index (χ2v) is 5.35. The average molecular weight is 290 g/mol. The SMILES string of the molecule is Cc1ccc(/C=C(/C#N)C(=O)Nc2ccc(C)cc2C)cc1. The summed E-state index contributed by atoms with van der Waals surface area (Å²) in [6, 6.07) is 15.4. The minimum Gasteiger partial charge on any atom is -0.321 e. The van der Waals surface area contributed by atoms with E-state index >= 15 is 0 Å². The molecule has 2 aromatic rings. The van der Waals surface area contributed by atoms with E-state index in [1.54, 1.807) is 6.08 Å². The first kappa shape index (κ1) is 15.5. The number of carbonyl (C=O) groups excluding carboxylic acids is 1. The molecule has 0 aliphatic rings. The molecule has 0 aromatic heterocycles. The van der Waals surface area contributed by atoms with E-state index in [1.165, 1.54) is 0 Å². The van der Waals surface area contributed by atoms with E-state index < -0.39 is 5.91 Å². The highest BCUT2D eigenvalue weighted by Gasteiger charge is 2.10. The molecule has 110 valence electrons. The molecule has 0 fully saturated rings. The van der Waals surface area contributed by atoms with Crippen LogP contribution in [0.3, 0.4) is 0 Å². The van der Waals surface area contributed by atoms with Gasteiger partial charge in [0.1, 0.15) is 11.6 Å². The normalized spacial score (nSPS) is 10.9. The van der Waals surface area contributed by atoms with Crippen molar-refractivity contribution in [3.8, 4) is 6.07 Å². The first-order chi connectivity index (χ1) is 10.5. The lowest BCUT2D eigenvalue weighted by molar-refractivity contribution is -0.112. The molecule has 1 amide bonds. The van der Waals surface area contributed by atoms with Crippen LogP contribution in [0.15, 0.2) is 48.0 Å². The van der Waals surface area contributed by atoms with Gasteiger partial charge in [-0.25, -0.2) is 0 Å². The molecule has 0 unspecified atom stereocenters. The third-order valence-electron chi connectivity index (χ3n) is 3.38. The predicted molar refractivity (Wildman–Crippen MR) is 89.3 cm³/mol. The Labute approximate surface area is 130 Å². The summed E-state index contributed by atoms with van der Waals surface area (Å²) in [6.45, 7) is 5.92. The van der Waals surface area contributed by atoms with Gasteiger partial charge in [0.15, 0.2) is 0 Å². The van der Waals surface area contributed by atoms with Crippen LogP contribution in [-0.4, -0.2) is 5.91 Å². The Bertz CT molecular complexity index is 765. The van der Waals surface area contributed by atoms with Crippen molar-refractivity contribution in [3.05, 3.63) is 70.3 Å². The van der Waals surface area contributed by atoms with E-state index in [9.17, 15) is 10.1 Å². The fourth-order valence-electron chi connectivity index (χ4n) is 2.12. The van der Waals surface area contributed by atoms with Gasteiger partial charge in [-0.15, -0.1) is 0 Å². The van der Waals surface area contributed by atoms with Crippen LogP contribution < -0.4 is 5.32 Å². The van der Waals surface area contributed by atoms with Crippen LogP contribution >= 0.6 is 0 Å². The molecular formula is C19H18N2O. The molecule has 0 aliphatic heterocycles. The molecule has 2 rings (SSSR count). The van der Waals surface area contributed by atoms with Gasteiger partial charge >= 0.3 is 0 Å². The Kier molecular flexibility index (Phi) is 4.75. The minimum absolute atomic E-state index is 0.0869. The quantitative estimate of drug-likeness (QED) is 0.681. The van der Waals surface area contributed by atoms with Gasteiger partial charge < -0.3 is 5.32 Å². The number of benzene rings is 2. The van der Waals surface area contributed by atoms with E-state index in [-0.39, 0.29) is 5.57 Å².